The lowest BCUT2D eigenvalue weighted by Crippen LogP contribution is -2.42. The topological polar surface area (TPSA) is 55.8 Å². The molecule has 0 atom stereocenters. The molecule has 2 aliphatic rings. The zero-order valence-corrected chi connectivity index (χ0v) is 12.8. The van der Waals surface area contributed by atoms with E-state index in [4.69, 9.17) is 21.1 Å². The lowest BCUT2D eigenvalue weighted by atomic mass is 9.64. The van der Waals surface area contributed by atoms with Crippen molar-refractivity contribution in [3.8, 4) is 11.5 Å². The fourth-order valence-corrected chi connectivity index (χ4v) is 3.09. The first-order valence-corrected chi connectivity index (χ1v) is 7.69. The highest BCUT2D eigenvalue weighted by Gasteiger charge is 2.46. The number of benzene rings is 1. The minimum absolute atomic E-state index is 0.410. The van der Waals surface area contributed by atoms with Gasteiger partial charge < -0.3 is 14.6 Å². The average Bonchev–Trinajstić information content (AvgIpc) is 3.18. The third kappa shape index (κ3) is 2.57. The second-order valence-electron chi connectivity index (χ2n) is 5.98. The fourth-order valence-electron chi connectivity index (χ4n) is 2.80. The maximum atomic E-state index is 11.6. The molecule has 2 saturated carbocycles. The highest BCUT2D eigenvalue weighted by molar-refractivity contribution is 6.32. The molecule has 4 nitrogen and oxygen atoms in total. The summed E-state index contributed by atoms with van der Waals surface area (Å²) < 4.78 is 11.1. The van der Waals surface area contributed by atoms with Crippen molar-refractivity contribution in [2.75, 3.05) is 13.7 Å². The van der Waals surface area contributed by atoms with E-state index in [9.17, 15) is 9.90 Å². The Morgan fingerprint density at radius 2 is 2.14 bits per heavy atom. The van der Waals surface area contributed by atoms with Crippen LogP contribution in [-0.2, 0) is 10.2 Å². The first-order chi connectivity index (χ1) is 10.1. The van der Waals surface area contributed by atoms with Gasteiger partial charge in [-0.25, -0.2) is 0 Å². The SMILES string of the molecule is COc1c(Cl)cc(C2(C(=O)O)CCC2)cc1OCC1CC1. The summed E-state index contributed by atoms with van der Waals surface area (Å²) in [6, 6.07) is 3.50. The first kappa shape index (κ1) is 14.5. The molecule has 3 rings (SSSR count). The largest absolute Gasteiger partial charge is 0.491 e. The molecule has 0 heterocycles. The van der Waals surface area contributed by atoms with Crippen molar-refractivity contribution < 1.29 is 19.4 Å². The summed E-state index contributed by atoms with van der Waals surface area (Å²) in [6.45, 7) is 0.635. The Morgan fingerprint density at radius 1 is 1.43 bits per heavy atom. The summed E-state index contributed by atoms with van der Waals surface area (Å²) in [5.41, 5.74) is -0.0917. The van der Waals surface area contributed by atoms with Crippen LogP contribution in [0.5, 0.6) is 11.5 Å². The first-order valence-electron chi connectivity index (χ1n) is 7.31. The highest BCUT2D eigenvalue weighted by atomic mass is 35.5. The van der Waals surface area contributed by atoms with Crippen LogP contribution < -0.4 is 9.47 Å². The summed E-state index contributed by atoms with van der Waals surface area (Å²) in [5, 5.41) is 9.97. The molecular formula is C16H19ClO4. The average molecular weight is 311 g/mol. The Hall–Kier alpha value is -1.42. The maximum absolute atomic E-state index is 11.6. The van der Waals surface area contributed by atoms with Crippen molar-refractivity contribution in [1.29, 1.82) is 0 Å². The Morgan fingerprint density at radius 3 is 2.62 bits per heavy atom. The van der Waals surface area contributed by atoms with Crippen LogP contribution in [-0.4, -0.2) is 24.8 Å². The molecule has 1 aromatic carbocycles. The zero-order valence-electron chi connectivity index (χ0n) is 12.0. The number of carboxylic acids is 1. The maximum Gasteiger partial charge on any atom is 0.314 e. The van der Waals surface area contributed by atoms with Crippen molar-refractivity contribution >= 4 is 17.6 Å². The van der Waals surface area contributed by atoms with E-state index in [1.54, 1.807) is 19.2 Å². The zero-order chi connectivity index (χ0) is 15.0. The second-order valence-corrected chi connectivity index (χ2v) is 6.39. The Balaban J connectivity index is 1.95. The van der Waals surface area contributed by atoms with Crippen molar-refractivity contribution in [3.05, 3.63) is 22.7 Å². The van der Waals surface area contributed by atoms with E-state index in [1.165, 1.54) is 12.8 Å². The molecule has 0 radical (unpaired) electrons. The standard InChI is InChI=1S/C16H19ClO4/c1-20-14-12(17)7-11(16(15(18)19)5-2-6-16)8-13(14)21-9-10-3-4-10/h7-8,10H,2-6,9H2,1H3,(H,18,19). The van der Waals surface area contributed by atoms with Gasteiger partial charge in [-0.2, -0.15) is 0 Å². The summed E-state index contributed by atoms with van der Waals surface area (Å²) >= 11 is 6.26. The van der Waals surface area contributed by atoms with Crippen LogP contribution in [0.4, 0.5) is 0 Å². The van der Waals surface area contributed by atoms with Gasteiger partial charge in [-0.05, 0) is 49.3 Å². The van der Waals surface area contributed by atoms with Crippen LogP contribution in [0.25, 0.3) is 0 Å². The molecule has 0 amide bonds. The predicted molar refractivity (Wildman–Crippen MR) is 79.4 cm³/mol. The van der Waals surface area contributed by atoms with Crippen molar-refractivity contribution in [3.63, 3.8) is 0 Å². The number of carbonyl (C=O) groups is 1. The summed E-state index contributed by atoms with van der Waals surface area (Å²) in [5.74, 6) is 0.859. The Kier molecular flexibility index (Phi) is 3.74. The molecule has 1 N–H and O–H groups in total. The van der Waals surface area contributed by atoms with Crippen LogP contribution in [0.1, 0.15) is 37.7 Å². The summed E-state index contributed by atoms with van der Waals surface area (Å²) in [7, 11) is 1.54. The number of aliphatic carboxylic acids is 1. The van der Waals surface area contributed by atoms with Gasteiger partial charge >= 0.3 is 5.97 Å². The molecule has 1 aromatic rings. The quantitative estimate of drug-likeness (QED) is 0.871. The Labute approximate surface area is 129 Å². The summed E-state index contributed by atoms with van der Waals surface area (Å²) in [4.78, 5) is 11.6. The van der Waals surface area contributed by atoms with Gasteiger partial charge in [0.05, 0.1) is 24.2 Å². The lowest BCUT2D eigenvalue weighted by Gasteiger charge is -2.38. The monoisotopic (exact) mass is 310 g/mol. The van der Waals surface area contributed by atoms with Crippen LogP contribution >= 0.6 is 11.6 Å². The van der Waals surface area contributed by atoms with Crippen molar-refractivity contribution in [2.24, 2.45) is 5.92 Å². The third-order valence-corrected chi connectivity index (χ3v) is 4.83. The molecule has 0 unspecified atom stereocenters. The molecule has 21 heavy (non-hydrogen) atoms. The minimum Gasteiger partial charge on any atom is -0.491 e. The van der Waals surface area contributed by atoms with E-state index in [0.717, 1.165) is 12.0 Å². The predicted octanol–water partition coefficient (Wildman–Crippen LogP) is 3.64. The van der Waals surface area contributed by atoms with Crippen molar-refractivity contribution in [2.45, 2.75) is 37.5 Å². The molecule has 0 aliphatic heterocycles. The third-order valence-electron chi connectivity index (χ3n) is 4.55. The van der Waals surface area contributed by atoms with Gasteiger partial charge in [0.25, 0.3) is 0 Å². The van der Waals surface area contributed by atoms with Gasteiger partial charge in [0.15, 0.2) is 11.5 Å². The van der Waals surface area contributed by atoms with E-state index < -0.39 is 11.4 Å². The van der Waals surface area contributed by atoms with E-state index in [0.29, 0.717) is 41.9 Å². The van der Waals surface area contributed by atoms with Crippen LogP contribution in [0.15, 0.2) is 12.1 Å². The van der Waals surface area contributed by atoms with Gasteiger partial charge in [0.2, 0.25) is 0 Å². The van der Waals surface area contributed by atoms with Gasteiger partial charge in [-0.15, -0.1) is 0 Å². The van der Waals surface area contributed by atoms with Gasteiger partial charge in [-0.1, -0.05) is 18.0 Å². The van der Waals surface area contributed by atoms with Gasteiger partial charge in [0, 0.05) is 0 Å². The number of carboxylic acid groups (broad SMARTS) is 1. The fraction of sp³-hybridized carbons (Fsp3) is 0.562. The number of rotatable bonds is 6. The van der Waals surface area contributed by atoms with E-state index >= 15 is 0 Å². The van der Waals surface area contributed by atoms with Gasteiger partial charge in [-0.3, -0.25) is 4.79 Å². The van der Waals surface area contributed by atoms with Gasteiger partial charge in [0.1, 0.15) is 0 Å². The van der Waals surface area contributed by atoms with E-state index in [1.807, 2.05) is 0 Å². The molecule has 114 valence electrons. The Bertz CT molecular complexity index is 562. The number of methoxy groups -OCH3 is 1. The molecule has 2 aliphatic carbocycles. The molecule has 5 heteroatoms. The van der Waals surface area contributed by atoms with Crippen LogP contribution in [0.3, 0.4) is 0 Å². The van der Waals surface area contributed by atoms with Crippen molar-refractivity contribution in [1.82, 2.24) is 0 Å². The smallest absolute Gasteiger partial charge is 0.314 e. The van der Waals surface area contributed by atoms with Crippen LogP contribution in [0, 0.1) is 5.92 Å². The molecule has 2 fully saturated rings. The molecule has 0 spiro atoms. The molecule has 0 bridgehead atoms. The minimum atomic E-state index is -0.812. The number of hydrogen-bond acceptors (Lipinski definition) is 3. The number of halogens is 1. The normalized spacial score (nSPS) is 19.7. The molecular weight excluding hydrogens is 292 g/mol. The molecule has 0 aromatic heterocycles. The lowest BCUT2D eigenvalue weighted by molar-refractivity contribution is -0.147. The van der Waals surface area contributed by atoms with E-state index in [2.05, 4.69) is 0 Å². The number of ether oxygens (including phenoxy) is 2. The van der Waals surface area contributed by atoms with E-state index in [-0.39, 0.29) is 0 Å². The molecule has 0 saturated heterocycles. The van der Waals surface area contributed by atoms with Crippen LogP contribution in [0.2, 0.25) is 5.02 Å². The summed E-state index contributed by atoms with van der Waals surface area (Å²) in [6.07, 6.45) is 4.60. The number of hydrogen-bond donors (Lipinski definition) is 1. The second kappa shape index (κ2) is 5.41. The highest BCUT2D eigenvalue weighted by Crippen LogP contribution is 2.48.